The molecule has 0 radical (unpaired) electrons. The Hall–Kier alpha value is 0.110. The molecule has 3 heteroatoms. The predicted octanol–water partition coefficient (Wildman–Crippen LogP) is 2.46. The maximum Gasteiger partial charge on any atom is 0.0360 e. The molecule has 0 heterocycles. The standard InChI is InChI=1S/C13H25NOS/c1-2-16(15)11-10-14-12-6-9-13(12)7-4-3-5-8-13/h12,14H,2-11H2,1H3. The molecule has 0 amide bonds. The van der Waals surface area contributed by atoms with Crippen molar-refractivity contribution in [3.63, 3.8) is 0 Å². The van der Waals surface area contributed by atoms with Gasteiger partial charge < -0.3 is 5.32 Å². The highest BCUT2D eigenvalue weighted by Gasteiger charge is 2.46. The Kier molecular flexibility index (Phi) is 4.42. The Balaban J connectivity index is 1.71. The summed E-state index contributed by atoms with van der Waals surface area (Å²) < 4.78 is 11.3. The lowest BCUT2D eigenvalue weighted by Gasteiger charge is -2.52. The molecule has 0 saturated heterocycles. The normalized spacial score (nSPS) is 29.9. The molecular weight excluding hydrogens is 218 g/mol. The lowest BCUT2D eigenvalue weighted by molar-refractivity contribution is 0.0244. The molecule has 2 unspecified atom stereocenters. The van der Waals surface area contributed by atoms with Gasteiger partial charge in [0.05, 0.1) is 0 Å². The minimum Gasteiger partial charge on any atom is -0.313 e. The molecule has 16 heavy (non-hydrogen) atoms. The fourth-order valence-corrected chi connectivity index (χ4v) is 4.00. The summed E-state index contributed by atoms with van der Waals surface area (Å²) >= 11 is 0. The highest BCUT2D eigenvalue weighted by atomic mass is 32.2. The second-order valence-electron chi connectivity index (χ2n) is 5.40. The number of nitrogens with one attached hydrogen (secondary N) is 1. The van der Waals surface area contributed by atoms with E-state index in [-0.39, 0.29) is 0 Å². The van der Waals surface area contributed by atoms with E-state index in [1.54, 1.807) is 0 Å². The fourth-order valence-electron chi connectivity index (χ4n) is 3.36. The highest BCUT2D eigenvalue weighted by Crippen LogP contribution is 2.51. The van der Waals surface area contributed by atoms with Gasteiger partial charge in [-0.2, -0.15) is 0 Å². The number of rotatable bonds is 5. The van der Waals surface area contributed by atoms with Crippen LogP contribution in [0.4, 0.5) is 0 Å². The first-order valence-corrected chi connectivity index (χ1v) is 8.34. The summed E-state index contributed by atoms with van der Waals surface area (Å²) in [6.45, 7) is 2.95. The van der Waals surface area contributed by atoms with Crippen molar-refractivity contribution >= 4 is 10.8 Å². The van der Waals surface area contributed by atoms with Gasteiger partial charge in [-0.1, -0.05) is 26.2 Å². The van der Waals surface area contributed by atoms with E-state index >= 15 is 0 Å². The minimum atomic E-state index is -0.600. The summed E-state index contributed by atoms with van der Waals surface area (Å²) in [5.41, 5.74) is 0.645. The van der Waals surface area contributed by atoms with Crippen LogP contribution in [0.15, 0.2) is 0 Å². The van der Waals surface area contributed by atoms with Crippen LogP contribution >= 0.6 is 0 Å². The topological polar surface area (TPSA) is 29.1 Å². The van der Waals surface area contributed by atoms with Crippen molar-refractivity contribution in [2.24, 2.45) is 5.41 Å². The van der Waals surface area contributed by atoms with Gasteiger partial charge in [0.25, 0.3) is 0 Å². The molecule has 2 rings (SSSR count). The Morgan fingerprint density at radius 2 is 2.00 bits per heavy atom. The molecule has 1 N–H and O–H groups in total. The van der Waals surface area contributed by atoms with E-state index in [0.717, 1.165) is 24.1 Å². The SMILES string of the molecule is CCS(=O)CCNC1CCC12CCCCC2. The summed E-state index contributed by atoms with van der Waals surface area (Å²) in [7, 11) is -0.600. The van der Waals surface area contributed by atoms with Crippen LogP contribution in [-0.2, 0) is 10.8 Å². The van der Waals surface area contributed by atoms with Crippen LogP contribution in [0.1, 0.15) is 51.9 Å². The monoisotopic (exact) mass is 243 g/mol. The molecule has 2 fully saturated rings. The second kappa shape index (κ2) is 5.63. The maximum absolute atomic E-state index is 11.3. The lowest BCUT2D eigenvalue weighted by Crippen LogP contribution is -2.54. The van der Waals surface area contributed by atoms with Crippen LogP contribution in [0.2, 0.25) is 0 Å². The first-order valence-electron chi connectivity index (χ1n) is 6.85. The molecule has 0 aromatic heterocycles. The minimum absolute atomic E-state index is 0.600. The third-order valence-corrected chi connectivity index (χ3v) is 5.87. The molecule has 0 aromatic rings. The molecular formula is C13H25NOS. The van der Waals surface area contributed by atoms with Gasteiger partial charge in [0, 0.05) is 34.9 Å². The third kappa shape index (κ3) is 2.67. The average Bonchev–Trinajstić information content (AvgIpc) is 2.34. The third-order valence-electron chi connectivity index (χ3n) is 4.56. The first kappa shape index (κ1) is 12.6. The zero-order valence-electron chi connectivity index (χ0n) is 10.5. The van der Waals surface area contributed by atoms with Crippen LogP contribution in [0, 0.1) is 5.41 Å². The molecule has 94 valence electrons. The Bertz CT molecular complexity index is 248. The van der Waals surface area contributed by atoms with E-state index in [4.69, 9.17) is 0 Å². The average molecular weight is 243 g/mol. The van der Waals surface area contributed by atoms with Crippen molar-refractivity contribution in [1.29, 1.82) is 0 Å². The van der Waals surface area contributed by atoms with Crippen molar-refractivity contribution in [3.8, 4) is 0 Å². The maximum atomic E-state index is 11.3. The predicted molar refractivity (Wildman–Crippen MR) is 70.1 cm³/mol. The van der Waals surface area contributed by atoms with Gasteiger partial charge in [0.1, 0.15) is 0 Å². The van der Waals surface area contributed by atoms with Crippen LogP contribution in [-0.4, -0.2) is 28.3 Å². The van der Waals surface area contributed by atoms with E-state index in [1.807, 2.05) is 6.92 Å². The molecule has 2 atom stereocenters. The molecule has 2 aliphatic carbocycles. The van der Waals surface area contributed by atoms with Gasteiger partial charge in [-0.05, 0) is 31.1 Å². The molecule has 2 nitrogen and oxygen atoms in total. The van der Waals surface area contributed by atoms with Crippen LogP contribution in [0.3, 0.4) is 0 Å². The second-order valence-corrected chi connectivity index (χ2v) is 7.27. The van der Waals surface area contributed by atoms with E-state index in [0.29, 0.717) is 5.41 Å². The summed E-state index contributed by atoms with van der Waals surface area (Å²) in [6, 6.07) is 0.738. The van der Waals surface area contributed by atoms with E-state index in [9.17, 15) is 4.21 Å². The van der Waals surface area contributed by atoms with Crippen molar-refractivity contribution in [2.75, 3.05) is 18.1 Å². The van der Waals surface area contributed by atoms with E-state index < -0.39 is 10.8 Å². The van der Waals surface area contributed by atoms with Crippen LogP contribution in [0.25, 0.3) is 0 Å². The summed E-state index contributed by atoms with van der Waals surface area (Å²) in [5.74, 6) is 1.64. The smallest absolute Gasteiger partial charge is 0.0360 e. The van der Waals surface area contributed by atoms with Gasteiger partial charge in [-0.25, -0.2) is 0 Å². The molecule has 1 spiro atoms. The fraction of sp³-hybridized carbons (Fsp3) is 1.00. The Morgan fingerprint density at radius 3 is 2.56 bits per heavy atom. The zero-order valence-corrected chi connectivity index (χ0v) is 11.3. The van der Waals surface area contributed by atoms with E-state index in [1.165, 1.54) is 44.9 Å². The van der Waals surface area contributed by atoms with Crippen molar-refractivity contribution in [3.05, 3.63) is 0 Å². The van der Waals surface area contributed by atoms with Gasteiger partial charge in [-0.3, -0.25) is 4.21 Å². The Labute approximate surface area is 102 Å². The van der Waals surface area contributed by atoms with Gasteiger partial charge >= 0.3 is 0 Å². The molecule has 0 bridgehead atoms. The van der Waals surface area contributed by atoms with Crippen molar-refractivity contribution in [2.45, 2.75) is 57.9 Å². The molecule has 0 aromatic carbocycles. The summed E-state index contributed by atoms with van der Waals surface area (Å²) in [6.07, 6.45) is 9.94. The van der Waals surface area contributed by atoms with Crippen molar-refractivity contribution in [1.82, 2.24) is 5.32 Å². The van der Waals surface area contributed by atoms with Gasteiger partial charge in [-0.15, -0.1) is 0 Å². The first-order chi connectivity index (χ1) is 7.77. The largest absolute Gasteiger partial charge is 0.313 e. The van der Waals surface area contributed by atoms with Gasteiger partial charge in [0.15, 0.2) is 0 Å². The van der Waals surface area contributed by atoms with Crippen LogP contribution < -0.4 is 5.32 Å². The van der Waals surface area contributed by atoms with Crippen LogP contribution in [0.5, 0.6) is 0 Å². The molecule has 2 saturated carbocycles. The van der Waals surface area contributed by atoms with Crippen molar-refractivity contribution < 1.29 is 4.21 Å². The lowest BCUT2D eigenvalue weighted by atomic mass is 9.57. The highest BCUT2D eigenvalue weighted by molar-refractivity contribution is 7.84. The van der Waals surface area contributed by atoms with E-state index in [2.05, 4.69) is 5.32 Å². The molecule has 2 aliphatic rings. The molecule has 0 aliphatic heterocycles. The van der Waals surface area contributed by atoms with Gasteiger partial charge in [0.2, 0.25) is 0 Å². The summed E-state index contributed by atoms with van der Waals surface area (Å²) in [5, 5.41) is 3.65. The quantitative estimate of drug-likeness (QED) is 0.803. The zero-order chi connectivity index (χ0) is 11.4. The number of hydrogen-bond acceptors (Lipinski definition) is 2. The summed E-state index contributed by atoms with van der Waals surface area (Å²) in [4.78, 5) is 0. The Morgan fingerprint density at radius 1 is 1.25 bits per heavy atom. The number of hydrogen-bond donors (Lipinski definition) is 1.